The fourth-order valence-electron chi connectivity index (χ4n) is 19.6. The number of aromatic hydroxyl groups is 3. The van der Waals surface area contributed by atoms with E-state index in [0.717, 1.165) is 132 Å². The van der Waals surface area contributed by atoms with Crippen LogP contribution in [0, 0.1) is 0 Å². The van der Waals surface area contributed by atoms with E-state index >= 15 is 33.6 Å². The molecule has 0 aliphatic carbocycles. The highest BCUT2D eigenvalue weighted by atomic mass is 35.5. The zero-order valence-corrected chi connectivity index (χ0v) is 81.5. The standard InChI is InChI=1S/C99H120Cl2N13O28P/c1-5-6-7-8-9-10-11-12-20-72(119)105-81-84(122)86(124)89(97(133)134)141-98(81)140-88-69-43-54-44-70(88)137-65-30-25-53(41-61(65)100)82(120)80-96(132)109-78(91(127)103-31-19-32-111(3)4)59-45-55(116)46-67(138-99-87(125)85(123)83(121)71(49-115)139-99)73(59)58-40-51(23-28-63(58)117)76(93(129)110-80)106-94(130)77(54)107-95(131)79-60-47-57(48-68(74(60)101)142-143(112-33-13-14-34-112,113-35-15-16-36-113)114-37-17-18-38-114)136-66-42-52(24-29-64(66)118)75(102-2)92(128)104-62(90(126)108-79)39-50-21-26-56(135-69)27-22-50/h21-30,40-48,62,71,75-87,89,98-99,102,115,120-125H,5-20,31-39,49H2,1-4H3,(H11-,103,104,105,106,107,108,109,110,116,117,118,119,126,127,128,129,130,131,132,133,134)/t62-,71-,75+,76-,77-,78+,79+,80+,81-,82-,83-,84-,85+,86+,87+,89+,98-,99+/m1/s1. The van der Waals surface area contributed by atoms with Crippen LogP contribution in [0.25, 0.3) is 11.1 Å². The van der Waals surface area contributed by atoms with Gasteiger partial charge in [0.05, 0.1) is 22.6 Å². The Morgan fingerprint density at radius 2 is 1.15 bits per heavy atom. The lowest BCUT2D eigenvalue weighted by atomic mass is 9.89. The average Bonchev–Trinajstić information content (AvgIpc) is 1.66. The number of ether oxygens (including phenoxy) is 7. The summed E-state index contributed by atoms with van der Waals surface area (Å²) in [5.74, 6) is -16.8. The van der Waals surface area contributed by atoms with E-state index in [1.165, 1.54) is 67.7 Å². The second-order valence-electron chi connectivity index (χ2n) is 37.4. The van der Waals surface area contributed by atoms with Crippen LogP contribution in [0.15, 0.2) is 115 Å². The van der Waals surface area contributed by atoms with Crippen LogP contribution in [0.3, 0.4) is 0 Å². The molecular formula is C99H120Cl2N13O28P. The van der Waals surface area contributed by atoms with E-state index in [9.17, 15) is 65.8 Å². The van der Waals surface area contributed by atoms with E-state index in [4.69, 9.17) is 60.9 Å². The first-order valence-electron chi connectivity index (χ1n) is 48.3. The second kappa shape index (κ2) is 45.8. The molecule has 11 aliphatic rings. The summed E-state index contributed by atoms with van der Waals surface area (Å²) < 4.78 is 60.4. The van der Waals surface area contributed by atoms with Crippen LogP contribution in [-0.2, 0) is 59.0 Å². The Bertz CT molecular complexity index is 5820. The van der Waals surface area contributed by atoms with Crippen LogP contribution in [0.2, 0.25) is 10.0 Å². The van der Waals surface area contributed by atoms with Crippen molar-refractivity contribution >= 4 is 84.4 Å². The third kappa shape index (κ3) is 22.9. The van der Waals surface area contributed by atoms with E-state index in [-0.39, 0.29) is 64.1 Å². The molecule has 5 fully saturated rings. The van der Waals surface area contributed by atoms with Gasteiger partial charge in [-0.3, -0.25) is 42.9 Å². The maximum atomic E-state index is 17.4. The number of carbonyl (C=O) groups is 9. The molecule has 44 heteroatoms. The number of hydrogen-bond acceptors (Lipinski definition) is 33. The number of amides is 8. The highest BCUT2D eigenvalue weighted by molar-refractivity contribution is 7.64. The zero-order valence-electron chi connectivity index (χ0n) is 79.1. The molecule has 0 aromatic heterocycles. The topological polar surface area (TPSA) is 574 Å². The molecule has 0 radical (unpaired) electrons. The molecule has 8 amide bonds. The van der Waals surface area contributed by atoms with Crippen LogP contribution in [0.1, 0.15) is 185 Å². The van der Waals surface area contributed by atoms with Crippen molar-refractivity contribution in [3.63, 3.8) is 0 Å². The number of aliphatic carboxylic acids is 1. The third-order valence-corrected chi connectivity index (χ3v) is 31.7. The van der Waals surface area contributed by atoms with Crippen molar-refractivity contribution < 1.29 is 137 Å². The number of halogens is 2. The molecule has 7 aromatic carbocycles. The highest BCUT2D eigenvalue weighted by Gasteiger charge is 2.63. The first kappa shape index (κ1) is 104. The predicted molar refractivity (Wildman–Crippen MR) is 513 cm³/mol. The van der Waals surface area contributed by atoms with E-state index in [2.05, 4.69) is 68.8 Å². The van der Waals surface area contributed by atoms with Gasteiger partial charge in [-0.05, 0) is 185 Å². The first-order chi connectivity index (χ1) is 68.7. The predicted octanol–water partition coefficient (Wildman–Crippen LogP) is 5.23. The van der Waals surface area contributed by atoms with Crippen molar-refractivity contribution in [2.24, 2.45) is 0 Å². The quantitative estimate of drug-likeness (QED) is 0.0232. The monoisotopic (exact) mass is 2040 g/mol. The molecule has 0 saturated carbocycles. The number of aliphatic hydroxyl groups excluding tert-OH is 7. The number of carboxylic acids is 1. The van der Waals surface area contributed by atoms with Gasteiger partial charge in [0.1, 0.15) is 132 Å². The maximum absolute atomic E-state index is 17.4. The molecule has 0 spiro atoms. The molecule has 17 bridgehead atoms. The molecule has 19 N–H and O–H groups in total. The number of carboxylic acid groups (broad SMARTS) is 1. The van der Waals surface area contributed by atoms with Crippen molar-refractivity contribution in [1.82, 2.24) is 66.8 Å². The molecule has 11 heterocycles. The van der Waals surface area contributed by atoms with Gasteiger partial charge >= 0.3 is 7.94 Å². The van der Waals surface area contributed by atoms with Gasteiger partial charge in [-0.1, -0.05) is 105 Å². The SMILES string of the molecule is CCCCCCCCCCC(=O)N[C@H]1[C@H](Oc2c3cc4cc2Oc2ccc(cc2Cl)[C@@H](O)[C@@H]2NC(=O)[C@H](NC(=O)[C@@H]4NC(=O)[C@H]4NC(=O)[C@@H](Cc5ccc(cc5)O3)NC(=O)[C@@H](NC)c3ccc(O)c(c3)Oc3cc(O[P+](N5CCCC5)(N5CCCC5)N5CCCC5)c(Cl)c4c3)c3ccc(O)c(c3)-c3c(O[C@H]4O[C@H](CO)[C@@H](O)[C@H](O)[C@@H]4O)cc(O)cc3[C@@H](C(=O)NCCCN(C)C)NC2=O)O[C@H](C(=O)[O-])[C@@H](O)[C@@H]1O. The highest BCUT2D eigenvalue weighted by Crippen LogP contribution is 2.71. The molecule has 768 valence electrons. The average molecular weight is 2040 g/mol. The van der Waals surface area contributed by atoms with Crippen LogP contribution < -0.4 is 81.2 Å². The smallest absolute Gasteiger partial charge is 0.417 e. The zero-order chi connectivity index (χ0) is 102. The van der Waals surface area contributed by atoms with Crippen molar-refractivity contribution in [2.45, 2.75) is 226 Å². The van der Waals surface area contributed by atoms with Gasteiger partial charge in [0.15, 0.2) is 23.0 Å². The number of nitrogens with one attached hydrogen (secondary N) is 9. The molecule has 18 rings (SSSR count). The number of nitrogens with zero attached hydrogens (tertiary/aromatic N) is 4. The van der Waals surface area contributed by atoms with Gasteiger partial charge < -0.3 is 147 Å². The Balaban J connectivity index is 0.934. The number of rotatable bonds is 27. The number of unbranched alkanes of at least 4 members (excludes halogenated alkanes) is 7. The Hall–Kier alpha value is -11.6. The molecular weight excluding hydrogens is 1920 g/mol. The van der Waals surface area contributed by atoms with E-state index in [1.54, 1.807) is 14.1 Å². The fraction of sp³-hybridized carbons (Fsp3) is 0.485. The van der Waals surface area contributed by atoms with E-state index in [0.29, 0.717) is 70.6 Å². The fourth-order valence-corrected chi connectivity index (χ4v) is 24.3. The molecule has 5 saturated heterocycles. The number of carbonyl (C=O) groups excluding carboxylic acids is 9. The Morgan fingerprint density at radius 1 is 0.545 bits per heavy atom. The second-order valence-corrected chi connectivity index (χ2v) is 41.1. The van der Waals surface area contributed by atoms with Crippen LogP contribution in [0.4, 0.5) is 0 Å². The number of phenols is 3. The summed E-state index contributed by atoms with van der Waals surface area (Å²) in [7, 11) is 1.81. The summed E-state index contributed by atoms with van der Waals surface area (Å²) >= 11 is 15.5. The van der Waals surface area contributed by atoms with Gasteiger partial charge in [0, 0.05) is 87.5 Å². The van der Waals surface area contributed by atoms with Gasteiger partial charge in [0.25, 0.3) is 0 Å². The Kier molecular flexibility index (Phi) is 33.4. The number of hydrogen-bond donors (Lipinski definition) is 19. The number of benzene rings is 7. The lowest BCUT2D eigenvalue weighted by molar-refractivity contribution is -0.336. The van der Waals surface area contributed by atoms with Crippen molar-refractivity contribution in [2.75, 3.05) is 80.1 Å². The van der Waals surface area contributed by atoms with Crippen LogP contribution in [0.5, 0.6) is 69.0 Å². The number of phenolic OH excluding ortho intramolecular Hbond substituents is 3. The minimum Gasteiger partial charge on any atom is -0.547 e. The number of aliphatic hydroxyl groups is 7. The van der Waals surface area contributed by atoms with E-state index in [1.807, 2.05) is 4.90 Å². The molecule has 143 heavy (non-hydrogen) atoms. The van der Waals surface area contributed by atoms with Crippen molar-refractivity contribution in [3.05, 3.63) is 164 Å². The van der Waals surface area contributed by atoms with Crippen LogP contribution in [-0.4, -0.2) is 277 Å². The minimum absolute atomic E-state index is 0.0815. The molecule has 41 nitrogen and oxygen atoms in total. The molecule has 0 unspecified atom stereocenters. The lowest BCUT2D eigenvalue weighted by Crippen LogP contribution is -2.67. The summed E-state index contributed by atoms with van der Waals surface area (Å²) in [6, 6.07) is 7.24. The number of likely N-dealkylation sites (N-methyl/N-ethyl adjacent to an activating group) is 1. The van der Waals surface area contributed by atoms with Crippen molar-refractivity contribution in [3.8, 4) is 80.1 Å². The van der Waals surface area contributed by atoms with Crippen LogP contribution >= 0.6 is 31.1 Å². The summed E-state index contributed by atoms with van der Waals surface area (Å²) in [6.07, 6.45) is -10.1. The maximum Gasteiger partial charge on any atom is 0.417 e. The van der Waals surface area contributed by atoms with Gasteiger partial charge in [-0.15, -0.1) is 14.0 Å². The Labute approximate surface area is 834 Å². The largest absolute Gasteiger partial charge is 0.547 e. The normalized spacial score (nSPS) is 26.5. The minimum atomic E-state index is -3.22. The summed E-state index contributed by atoms with van der Waals surface area (Å²) in [5, 5.41) is 155. The molecule has 18 atom stereocenters. The third-order valence-electron chi connectivity index (χ3n) is 27.1. The van der Waals surface area contributed by atoms with Gasteiger partial charge in [0.2, 0.25) is 71.3 Å². The summed E-state index contributed by atoms with van der Waals surface area (Å²) in [6.45, 7) is 5.12. The van der Waals surface area contributed by atoms with Gasteiger partial charge in [-0.2, -0.15) is 0 Å². The lowest BCUT2D eigenvalue weighted by Gasteiger charge is -2.43. The molecule has 7 aromatic rings. The first-order valence-corrected chi connectivity index (χ1v) is 50.6. The molecule has 11 aliphatic heterocycles. The van der Waals surface area contributed by atoms with Gasteiger partial charge in [-0.25, -0.2) is 0 Å². The summed E-state index contributed by atoms with van der Waals surface area (Å²) in [5.41, 5.74) is -2.29. The summed E-state index contributed by atoms with van der Waals surface area (Å²) in [4.78, 5) is 144. The van der Waals surface area contributed by atoms with E-state index < -0.39 is 256 Å². The van der Waals surface area contributed by atoms with Crippen molar-refractivity contribution in [1.29, 1.82) is 0 Å². The Morgan fingerprint density at radius 3 is 1.80 bits per heavy atom. The number of fused-ring (bicyclic) bond motifs is 14.